The van der Waals surface area contributed by atoms with E-state index in [4.69, 9.17) is 19.6 Å². The van der Waals surface area contributed by atoms with Crippen molar-refractivity contribution in [1.29, 1.82) is 0 Å². The Bertz CT molecular complexity index is 1640. The second kappa shape index (κ2) is 13.4. The maximum atomic E-state index is 14.0. The van der Waals surface area contributed by atoms with Crippen molar-refractivity contribution in [1.82, 2.24) is 14.8 Å². The quantitative estimate of drug-likeness (QED) is 0.172. The molecule has 43 heavy (non-hydrogen) atoms. The summed E-state index contributed by atoms with van der Waals surface area (Å²) in [5.41, 5.74) is 7.69. The molecule has 1 unspecified atom stereocenters. The molecule has 0 spiro atoms. The fourth-order valence-electron chi connectivity index (χ4n) is 5.11. The van der Waals surface area contributed by atoms with Crippen LogP contribution in [0.25, 0.3) is 0 Å². The lowest BCUT2D eigenvalue weighted by atomic mass is 9.95. The number of nitrogens with zero attached hydrogens (tertiary/aromatic N) is 3. The van der Waals surface area contributed by atoms with E-state index in [0.29, 0.717) is 47.0 Å². The van der Waals surface area contributed by atoms with Crippen LogP contribution in [-0.2, 0) is 11.4 Å². The fraction of sp³-hybridized carbons (Fsp3) is 0.324. The van der Waals surface area contributed by atoms with Crippen LogP contribution in [0.15, 0.2) is 77.1 Å². The summed E-state index contributed by atoms with van der Waals surface area (Å²) >= 11 is 1.60. The summed E-state index contributed by atoms with van der Waals surface area (Å²) in [4.78, 5) is 18.7. The molecule has 0 saturated heterocycles. The van der Waals surface area contributed by atoms with Gasteiger partial charge in [0.25, 0.3) is 5.91 Å². The molecule has 8 nitrogen and oxygen atoms in total. The van der Waals surface area contributed by atoms with E-state index in [1.807, 2.05) is 67.1 Å². The summed E-state index contributed by atoms with van der Waals surface area (Å²) in [6.45, 7) is 13.3. The first-order valence-corrected chi connectivity index (χ1v) is 15.7. The van der Waals surface area contributed by atoms with Gasteiger partial charge in [0.05, 0.1) is 17.9 Å². The highest BCUT2D eigenvalue weighted by molar-refractivity contribution is 7.99. The number of nitrogens with one attached hydrogen (secondary N) is 2. The van der Waals surface area contributed by atoms with Crippen LogP contribution in [0, 0.1) is 20.8 Å². The summed E-state index contributed by atoms with van der Waals surface area (Å²) in [5.74, 6) is 2.66. The lowest BCUT2D eigenvalue weighted by molar-refractivity contribution is -0.113. The number of thioether (sulfide) groups is 1. The van der Waals surface area contributed by atoms with Gasteiger partial charge in [0.15, 0.2) is 0 Å². The van der Waals surface area contributed by atoms with Crippen LogP contribution in [0.2, 0.25) is 0 Å². The SMILES string of the molecule is CCCSc1nc2n(n1)C(c1ccc(OCc3cc(C)c(C)cc3C)cc1)C(C(=O)Nc1ccccc1OCC)=C(C)N2. The molecule has 4 aromatic rings. The van der Waals surface area contributed by atoms with Gasteiger partial charge in [0, 0.05) is 11.4 Å². The molecule has 1 aliphatic heterocycles. The number of para-hydroxylation sites is 2. The number of benzene rings is 3. The number of hydrogen-bond acceptors (Lipinski definition) is 7. The molecule has 1 aliphatic rings. The minimum absolute atomic E-state index is 0.239. The van der Waals surface area contributed by atoms with Gasteiger partial charge >= 0.3 is 0 Å². The molecule has 0 aliphatic carbocycles. The molecular formula is C34H39N5O3S. The van der Waals surface area contributed by atoms with E-state index in [0.717, 1.165) is 23.5 Å². The van der Waals surface area contributed by atoms with Crippen LogP contribution < -0.4 is 20.1 Å². The monoisotopic (exact) mass is 597 g/mol. The molecule has 0 saturated carbocycles. The molecule has 0 bridgehead atoms. The molecule has 0 radical (unpaired) electrons. The van der Waals surface area contributed by atoms with Crippen molar-refractivity contribution in [3.63, 3.8) is 0 Å². The van der Waals surface area contributed by atoms with Gasteiger partial charge < -0.3 is 20.1 Å². The van der Waals surface area contributed by atoms with Crippen molar-refractivity contribution in [3.05, 3.63) is 99.8 Å². The molecular weight excluding hydrogens is 558 g/mol. The number of carbonyl (C=O) groups excluding carboxylic acids is 1. The molecule has 2 N–H and O–H groups in total. The number of amides is 1. The number of hydrogen-bond donors (Lipinski definition) is 2. The third-order valence-electron chi connectivity index (χ3n) is 7.49. The average Bonchev–Trinajstić information content (AvgIpc) is 3.40. The fourth-order valence-corrected chi connectivity index (χ4v) is 5.80. The van der Waals surface area contributed by atoms with E-state index in [1.54, 1.807) is 11.8 Å². The second-order valence-corrected chi connectivity index (χ2v) is 11.7. The Hall–Kier alpha value is -4.24. The Labute approximate surface area is 257 Å². The molecule has 2 heterocycles. The number of allylic oxidation sites excluding steroid dienone is 1. The Balaban J connectivity index is 1.45. The van der Waals surface area contributed by atoms with E-state index < -0.39 is 6.04 Å². The van der Waals surface area contributed by atoms with Crippen molar-refractivity contribution in [2.24, 2.45) is 0 Å². The lowest BCUT2D eigenvalue weighted by Crippen LogP contribution is -2.31. The lowest BCUT2D eigenvalue weighted by Gasteiger charge is -2.29. The first kappa shape index (κ1) is 30.2. The third-order valence-corrected chi connectivity index (χ3v) is 8.53. The normalized spacial score (nSPS) is 14.2. The van der Waals surface area contributed by atoms with Crippen LogP contribution in [0.3, 0.4) is 0 Å². The van der Waals surface area contributed by atoms with Gasteiger partial charge in [-0.1, -0.05) is 55.1 Å². The van der Waals surface area contributed by atoms with Crippen LogP contribution in [-0.4, -0.2) is 33.0 Å². The summed E-state index contributed by atoms with van der Waals surface area (Å²) in [5, 5.41) is 11.9. The van der Waals surface area contributed by atoms with Crippen molar-refractivity contribution < 1.29 is 14.3 Å². The van der Waals surface area contributed by atoms with E-state index in [-0.39, 0.29) is 5.91 Å². The highest BCUT2D eigenvalue weighted by Gasteiger charge is 2.34. The first-order valence-electron chi connectivity index (χ1n) is 14.7. The van der Waals surface area contributed by atoms with E-state index in [2.05, 4.69) is 50.5 Å². The molecule has 0 fully saturated rings. The number of ether oxygens (including phenoxy) is 2. The van der Waals surface area contributed by atoms with E-state index >= 15 is 0 Å². The highest BCUT2D eigenvalue weighted by atomic mass is 32.2. The van der Waals surface area contributed by atoms with Crippen LogP contribution in [0.1, 0.15) is 61.1 Å². The molecule has 1 amide bonds. The van der Waals surface area contributed by atoms with Crippen LogP contribution >= 0.6 is 11.8 Å². The molecule has 5 rings (SSSR count). The summed E-state index contributed by atoms with van der Waals surface area (Å²) in [6.07, 6.45) is 1.01. The van der Waals surface area contributed by atoms with E-state index in [1.165, 1.54) is 22.3 Å². The number of carbonyl (C=O) groups is 1. The van der Waals surface area contributed by atoms with Crippen LogP contribution in [0.5, 0.6) is 11.5 Å². The Morgan fingerprint density at radius 2 is 1.72 bits per heavy atom. The van der Waals surface area contributed by atoms with Crippen molar-refractivity contribution in [3.8, 4) is 11.5 Å². The van der Waals surface area contributed by atoms with Gasteiger partial charge in [-0.25, -0.2) is 4.68 Å². The van der Waals surface area contributed by atoms with Crippen molar-refractivity contribution in [2.75, 3.05) is 23.0 Å². The average molecular weight is 598 g/mol. The van der Waals surface area contributed by atoms with Gasteiger partial charge in [-0.3, -0.25) is 4.79 Å². The Kier molecular flexibility index (Phi) is 9.40. The van der Waals surface area contributed by atoms with Gasteiger partial charge in [-0.05, 0) is 93.1 Å². The standard InChI is InChI=1S/C34H39N5O3S/c1-7-17-43-34-37-33-35-24(6)30(32(40)36-28-11-9-10-12-29(28)41-8-2)31(39(33)38-34)25-13-15-27(16-14-25)42-20-26-19-22(4)21(3)18-23(26)5/h9-16,18-19,31H,7-8,17,20H2,1-6H3,(H,36,40)(H,35,37,38). The second-order valence-electron chi connectivity index (χ2n) is 10.7. The molecule has 1 atom stereocenters. The zero-order chi connectivity index (χ0) is 30.5. The number of aromatic nitrogens is 3. The molecule has 224 valence electrons. The minimum Gasteiger partial charge on any atom is -0.492 e. The van der Waals surface area contributed by atoms with Gasteiger partial charge in [-0.15, -0.1) is 5.10 Å². The number of aryl methyl sites for hydroxylation is 3. The van der Waals surface area contributed by atoms with Crippen molar-refractivity contribution >= 4 is 29.3 Å². The topological polar surface area (TPSA) is 90.3 Å². The Morgan fingerprint density at radius 3 is 2.47 bits per heavy atom. The van der Waals surface area contributed by atoms with Gasteiger partial charge in [0.1, 0.15) is 24.1 Å². The van der Waals surface area contributed by atoms with Crippen LogP contribution in [0.4, 0.5) is 11.6 Å². The zero-order valence-electron chi connectivity index (χ0n) is 25.7. The molecule has 9 heteroatoms. The molecule has 1 aromatic heterocycles. The third kappa shape index (κ3) is 6.72. The number of rotatable bonds is 11. The maximum Gasteiger partial charge on any atom is 0.255 e. The number of anilines is 2. The highest BCUT2D eigenvalue weighted by Crippen LogP contribution is 2.38. The molecule has 3 aromatic carbocycles. The summed E-state index contributed by atoms with van der Waals surface area (Å²) < 4.78 is 13.7. The predicted molar refractivity (Wildman–Crippen MR) is 173 cm³/mol. The number of fused-ring (bicyclic) bond motifs is 1. The largest absolute Gasteiger partial charge is 0.492 e. The smallest absolute Gasteiger partial charge is 0.255 e. The summed E-state index contributed by atoms with van der Waals surface area (Å²) in [7, 11) is 0. The van der Waals surface area contributed by atoms with Crippen molar-refractivity contribution in [2.45, 2.75) is 65.8 Å². The zero-order valence-corrected chi connectivity index (χ0v) is 26.5. The predicted octanol–water partition coefficient (Wildman–Crippen LogP) is 7.61. The van der Waals surface area contributed by atoms with Gasteiger partial charge in [-0.2, -0.15) is 4.98 Å². The van der Waals surface area contributed by atoms with Gasteiger partial charge in [0.2, 0.25) is 11.1 Å². The Morgan fingerprint density at radius 1 is 0.977 bits per heavy atom. The minimum atomic E-state index is -0.491. The van der Waals surface area contributed by atoms with E-state index in [9.17, 15) is 4.79 Å². The maximum absolute atomic E-state index is 14.0. The first-order chi connectivity index (χ1) is 20.8. The summed E-state index contributed by atoms with van der Waals surface area (Å²) in [6, 6.07) is 19.2.